The molecule has 1 amide bonds. The minimum Gasteiger partial charge on any atom is -0.485 e. The summed E-state index contributed by atoms with van der Waals surface area (Å²) in [5.74, 6) is 1.28. The van der Waals surface area contributed by atoms with Crippen molar-refractivity contribution in [1.29, 1.82) is 0 Å². The van der Waals surface area contributed by atoms with Gasteiger partial charge in [0, 0.05) is 37.4 Å². The SMILES string of the molecule is Cc1cccc(C)c1OCc1cc(C(=O)N2CCN(c3ccccc3)C[C@H]2C)no1. The fourth-order valence-electron chi connectivity index (χ4n) is 3.93. The maximum atomic E-state index is 13.0. The second-order valence-electron chi connectivity index (χ2n) is 7.82. The maximum absolute atomic E-state index is 13.0. The standard InChI is InChI=1S/C24H27N3O3/c1-17-8-7-9-18(2)23(17)29-16-21-14-22(25-30-21)24(28)27-13-12-26(15-19(27)3)20-10-5-4-6-11-20/h4-11,14,19H,12-13,15-16H2,1-3H3/t19-/m1/s1. The summed E-state index contributed by atoms with van der Waals surface area (Å²) in [6, 6.07) is 18.1. The highest BCUT2D eigenvalue weighted by atomic mass is 16.5. The van der Waals surface area contributed by atoms with Gasteiger partial charge in [-0.1, -0.05) is 41.6 Å². The lowest BCUT2D eigenvalue weighted by molar-refractivity contribution is 0.0663. The van der Waals surface area contributed by atoms with Crippen molar-refractivity contribution in [2.75, 3.05) is 24.5 Å². The van der Waals surface area contributed by atoms with E-state index < -0.39 is 0 Å². The summed E-state index contributed by atoms with van der Waals surface area (Å²) in [7, 11) is 0. The number of aryl methyl sites for hydroxylation is 2. The Bertz CT molecular complexity index is 995. The molecular weight excluding hydrogens is 378 g/mol. The van der Waals surface area contributed by atoms with Crippen molar-refractivity contribution in [2.24, 2.45) is 0 Å². The molecule has 0 spiro atoms. The van der Waals surface area contributed by atoms with Crippen LogP contribution in [-0.2, 0) is 6.61 Å². The molecule has 2 heterocycles. The molecule has 6 heteroatoms. The molecule has 156 valence electrons. The molecule has 0 aliphatic carbocycles. The first-order valence-electron chi connectivity index (χ1n) is 10.3. The first-order valence-corrected chi connectivity index (χ1v) is 10.3. The van der Waals surface area contributed by atoms with Gasteiger partial charge in [0.1, 0.15) is 12.4 Å². The number of piperazine rings is 1. The second-order valence-corrected chi connectivity index (χ2v) is 7.82. The van der Waals surface area contributed by atoms with E-state index in [1.54, 1.807) is 6.07 Å². The van der Waals surface area contributed by atoms with Crippen molar-refractivity contribution in [3.8, 4) is 5.75 Å². The molecule has 1 aliphatic rings. The van der Waals surface area contributed by atoms with E-state index in [9.17, 15) is 4.79 Å². The number of amides is 1. The largest absolute Gasteiger partial charge is 0.485 e. The van der Waals surface area contributed by atoms with E-state index in [1.165, 1.54) is 5.69 Å². The number of carbonyl (C=O) groups excluding carboxylic acids is 1. The lowest BCUT2D eigenvalue weighted by atomic mass is 10.1. The van der Waals surface area contributed by atoms with Gasteiger partial charge in [-0.15, -0.1) is 0 Å². The molecule has 0 bridgehead atoms. The number of aromatic nitrogens is 1. The van der Waals surface area contributed by atoms with Crippen molar-refractivity contribution in [3.63, 3.8) is 0 Å². The van der Waals surface area contributed by atoms with Gasteiger partial charge in [-0.2, -0.15) is 0 Å². The summed E-state index contributed by atoms with van der Waals surface area (Å²) in [6.07, 6.45) is 0. The number of anilines is 1. The van der Waals surface area contributed by atoms with Gasteiger partial charge in [0.05, 0.1) is 0 Å². The number of hydrogen-bond donors (Lipinski definition) is 0. The molecule has 1 saturated heterocycles. The maximum Gasteiger partial charge on any atom is 0.276 e. The van der Waals surface area contributed by atoms with Crippen LogP contribution in [0.5, 0.6) is 5.75 Å². The summed E-state index contributed by atoms with van der Waals surface area (Å²) in [6.45, 7) is 8.55. The predicted molar refractivity (Wildman–Crippen MR) is 116 cm³/mol. The molecule has 1 atom stereocenters. The highest BCUT2D eigenvalue weighted by Gasteiger charge is 2.30. The molecule has 1 aromatic heterocycles. The van der Waals surface area contributed by atoms with Gasteiger partial charge in [0.15, 0.2) is 11.5 Å². The number of carbonyl (C=O) groups is 1. The van der Waals surface area contributed by atoms with Gasteiger partial charge >= 0.3 is 0 Å². The summed E-state index contributed by atoms with van der Waals surface area (Å²) in [5, 5.41) is 4.00. The number of hydrogen-bond acceptors (Lipinski definition) is 5. The highest BCUT2D eigenvalue weighted by molar-refractivity contribution is 5.92. The highest BCUT2D eigenvalue weighted by Crippen LogP contribution is 2.24. The van der Waals surface area contributed by atoms with E-state index in [0.717, 1.165) is 30.0 Å². The third kappa shape index (κ3) is 4.17. The van der Waals surface area contributed by atoms with E-state index in [0.29, 0.717) is 18.0 Å². The number of benzene rings is 2. The van der Waals surface area contributed by atoms with Gasteiger partial charge in [-0.05, 0) is 44.0 Å². The van der Waals surface area contributed by atoms with Crippen LogP contribution >= 0.6 is 0 Å². The Kier molecular flexibility index (Phi) is 5.74. The second kappa shape index (κ2) is 8.61. The Hall–Kier alpha value is -3.28. The minimum atomic E-state index is -0.0997. The third-order valence-electron chi connectivity index (χ3n) is 5.56. The Morgan fingerprint density at radius 2 is 1.83 bits per heavy atom. The van der Waals surface area contributed by atoms with E-state index in [1.807, 2.05) is 55.1 Å². The van der Waals surface area contributed by atoms with Crippen LogP contribution in [0.25, 0.3) is 0 Å². The fraction of sp³-hybridized carbons (Fsp3) is 0.333. The average molecular weight is 405 g/mol. The Morgan fingerprint density at radius 3 is 2.53 bits per heavy atom. The smallest absolute Gasteiger partial charge is 0.276 e. The van der Waals surface area contributed by atoms with Crippen molar-refractivity contribution in [1.82, 2.24) is 10.1 Å². The molecule has 2 aromatic carbocycles. The lowest BCUT2D eigenvalue weighted by Crippen LogP contribution is -2.54. The lowest BCUT2D eigenvalue weighted by Gasteiger charge is -2.40. The molecule has 1 fully saturated rings. The monoisotopic (exact) mass is 405 g/mol. The topological polar surface area (TPSA) is 58.8 Å². The molecule has 0 unspecified atom stereocenters. The molecular formula is C24H27N3O3. The van der Waals surface area contributed by atoms with Crippen molar-refractivity contribution < 1.29 is 14.1 Å². The van der Waals surface area contributed by atoms with Gasteiger partial charge in [-0.3, -0.25) is 4.79 Å². The van der Waals surface area contributed by atoms with Crippen LogP contribution in [0.2, 0.25) is 0 Å². The first-order chi connectivity index (χ1) is 14.5. The van der Waals surface area contributed by atoms with Crippen LogP contribution in [-0.4, -0.2) is 41.6 Å². The van der Waals surface area contributed by atoms with Crippen LogP contribution in [0.1, 0.15) is 34.3 Å². The third-order valence-corrected chi connectivity index (χ3v) is 5.56. The Balaban J connectivity index is 1.38. The number of para-hydroxylation sites is 2. The molecule has 3 aromatic rings. The molecule has 0 radical (unpaired) electrons. The summed E-state index contributed by atoms with van der Waals surface area (Å²) in [5.41, 5.74) is 3.64. The van der Waals surface area contributed by atoms with Crippen molar-refractivity contribution >= 4 is 11.6 Å². The zero-order chi connectivity index (χ0) is 21.1. The number of nitrogens with zero attached hydrogens (tertiary/aromatic N) is 3. The van der Waals surface area contributed by atoms with E-state index in [2.05, 4.69) is 29.1 Å². The summed E-state index contributed by atoms with van der Waals surface area (Å²) < 4.78 is 11.3. The minimum absolute atomic E-state index is 0.0810. The van der Waals surface area contributed by atoms with Crippen LogP contribution < -0.4 is 9.64 Å². The van der Waals surface area contributed by atoms with Crippen molar-refractivity contribution in [2.45, 2.75) is 33.4 Å². The molecule has 0 saturated carbocycles. The van der Waals surface area contributed by atoms with Gasteiger partial charge in [0.25, 0.3) is 5.91 Å². The van der Waals surface area contributed by atoms with Crippen molar-refractivity contribution in [3.05, 3.63) is 77.2 Å². The van der Waals surface area contributed by atoms with Crippen LogP contribution in [0.4, 0.5) is 5.69 Å². The van der Waals surface area contributed by atoms with Gasteiger partial charge < -0.3 is 19.1 Å². The first kappa shape index (κ1) is 20.0. The fourth-order valence-corrected chi connectivity index (χ4v) is 3.93. The normalized spacial score (nSPS) is 16.6. The molecule has 30 heavy (non-hydrogen) atoms. The molecule has 0 N–H and O–H groups in total. The van der Waals surface area contributed by atoms with Gasteiger partial charge in [0.2, 0.25) is 0 Å². The Morgan fingerprint density at radius 1 is 1.10 bits per heavy atom. The van der Waals surface area contributed by atoms with Crippen LogP contribution in [0, 0.1) is 13.8 Å². The van der Waals surface area contributed by atoms with E-state index in [4.69, 9.17) is 9.26 Å². The van der Waals surface area contributed by atoms with Crippen LogP contribution in [0.15, 0.2) is 59.1 Å². The number of rotatable bonds is 5. The van der Waals surface area contributed by atoms with Gasteiger partial charge in [-0.25, -0.2) is 0 Å². The van der Waals surface area contributed by atoms with E-state index >= 15 is 0 Å². The zero-order valence-corrected chi connectivity index (χ0v) is 17.7. The summed E-state index contributed by atoms with van der Waals surface area (Å²) in [4.78, 5) is 17.2. The molecule has 6 nitrogen and oxygen atoms in total. The molecule has 1 aliphatic heterocycles. The Labute approximate surface area is 177 Å². The molecule has 4 rings (SSSR count). The van der Waals surface area contributed by atoms with E-state index in [-0.39, 0.29) is 18.6 Å². The summed E-state index contributed by atoms with van der Waals surface area (Å²) >= 11 is 0. The average Bonchev–Trinajstić information content (AvgIpc) is 3.22. The number of ether oxygens (including phenoxy) is 1. The quantitative estimate of drug-likeness (QED) is 0.636. The van der Waals surface area contributed by atoms with Crippen LogP contribution in [0.3, 0.4) is 0 Å². The zero-order valence-electron chi connectivity index (χ0n) is 17.7. The predicted octanol–water partition coefficient (Wildman–Crippen LogP) is 4.22.